The van der Waals surface area contributed by atoms with Crippen molar-refractivity contribution < 1.29 is 23.5 Å². The standard InChI is InChI=1S/C29H27Cl2N5O5/c30-19-6-8-24-18(12-19)13-25(41-24)29(39)35-23(14-21-4-1-2-10-32-21)28(38)34-16-27(37)36-11-3-5-22(17-36)40-26-9-7-20(31)15-33-26/h1-2,4,6-10,12-13,15,22-23H,3,5,11,14,16-17H2,(H,34,38)(H,35,39)/t22?,23-/m0/s1. The zero-order chi connectivity index (χ0) is 28.8. The number of fused-ring (bicyclic) bond motifs is 1. The number of carbonyl (C=O) groups excluding carboxylic acids is 3. The van der Waals surface area contributed by atoms with Crippen molar-refractivity contribution in [3.63, 3.8) is 0 Å². The maximum absolute atomic E-state index is 13.2. The predicted molar refractivity (Wildman–Crippen MR) is 153 cm³/mol. The summed E-state index contributed by atoms with van der Waals surface area (Å²) in [4.78, 5) is 49.4. The van der Waals surface area contributed by atoms with Crippen LogP contribution < -0.4 is 15.4 Å². The average Bonchev–Trinajstić information content (AvgIpc) is 3.41. The highest BCUT2D eigenvalue weighted by Gasteiger charge is 2.28. The van der Waals surface area contributed by atoms with E-state index in [1.165, 1.54) is 6.20 Å². The molecule has 3 amide bonds. The van der Waals surface area contributed by atoms with E-state index in [1.807, 2.05) is 0 Å². The quantitative estimate of drug-likeness (QED) is 0.299. The molecule has 41 heavy (non-hydrogen) atoms. The molecule has 1 unspecified atom stereocenters. The fourth-order valence-electron chi connectivity index (χ4n) is 4.55. The van der Waals surface area contributed by atoms with Gasteiger partial charge in [0.1, 0.15) is 17.7 Å². The number of halogens is 2. The molecule has 1 aromatic carbocycles. The van der Waals surface area contributed by atoms with Gasteiger partial charge in [-0.3, -0.25) is 19.4 Å². The third-order valence-corrected chi connectivity index (χ3v) is 7.05. The molecule has 1 aliphatic heterocycles. The Balaban J connectivity index is 1.21. The van der Waals surface area contributed by atoms with Crippen molar-refractivity contribution in [2.24, 2.45) is 0 Å². The molecule has 4 aromatic rings. The predicted octanol–water partition coefficient (Wildman–Crippen LogP) is 4.06. The second-order valence-corrected chi connectivity index (χ2v) is 10.5. The van der Waals surface area contributed by atoms with Gasteiger partial charge in [-0.05, 0) is 55.3 Å². The Hall–Kier alpha value is -4.15. The van der Waals surface area contributed by atoms with Crippen molar-refractivity contribution in [3.05, 3.63) is 88.5 Å². The second-order valence-electron chi connectivity index (χ2n) is 9.60. The first kappa shape index (κ1) is 28.4. The largest absolute Gasteiger partial charge is 0.472 e. The van der Waals surface area contributed by atoms with Gasteiger partial charge >= 0.3 is 0 Å². The Kier molecular flexibility index (Phi) is 9.01. The lowest BCUT2D eigenvalue weighted by Gasteiger charge is -2.32. The summed E-state index contributed by atoms with van der Waals surface area (Å²) in [5.74, 6) is -0.889. The lowest BCUT2D eigenvalue weighted by molar-refractivity contribution is -0.135. The first-order valence-electron chi connectivity index (χ1n) is 13.1. The molecule has 0 aliphatic carbocycles. The van der Waals surface area contributed by atoms with Gasteiger partial charge in [-0.15, -0.1) is 0 Å². The summed E-state index contributed by atoms with van der Waals surface area (Å²) in [5.41, 5.74) is 1.09. The van der Waals surface area contributed by atoms with E-state index in [-0.39, 0.29) is 30.7 Å². The number of hydrogen-bond acceptors (Lipinski definition) is 7. The van der Waals surface area contributed by atoms with Crippen molar-refractivity contribution in [2.45, 2.75) is 31.4 Å². The number of aromatic nitrogens is 2. The van der Waals surface area contributed by atoms with Crippen LogP contribution in [0.2, 0.25) is 10.0 Å². The van der Waals surface area contributed by atoms with Crippen LogP contribution in [0.5, 0.6) is 5.88 Å². The van der Waals surface area contributed by atoms with Crippen LogP contribution in [0.15, 0.2) is 71.4 Å². The van der Waals surface area contributed by atoms with Crippen LogP contribution in [0.4, 0.5) is 0 Å². The van der Waals surface area contributed by atoms with Crippen LogP contribution in [0, 0.1) is 0 Å². The fourth-order valence-corrected chi connectivity index (χ4v) is 4.85. The average molecular weight is 596 g/mol. The zero-order valence-corrected chi connectivity index (χ0v) is 23.4. The number of nitrogens with one attached hydrogen (secondary N) is 2. The number of furan rings is 1. The lowest BCUT2D eigenvalue weighted by atomic mass is 10.1. The molecule has 1 fully saturated rings. The Labute approximate surface area is 246 Å². The molecule has 3 aromatic heterocycles. The molecule has 10 nitrogen and oxygen atoms in total. The Morgan fingerprint density at radius 3 is 2.71 bits per heavy atom. The maximum atomic E-state index is 13.2. The van der Waals surface area contributed by atoms with Gasteiger partial charge in [-0.2, -0.15) is 0 Å². The van der Waals surface area contributed by atoms with Gasteiger partial charge in [0, 0.05) is 47.5 Å². The molecule has 5 rings (SSSR count). The zero-order valence-electron chi connectivity index (χ0n) is 21.9. The monoisotopic (exact) mass is 595 g/mol. The first-order chi connectivity index (χ1) is 19.8. The third kappa shape index (κ3) is 7.53. The van der Waals surface area contributed by atoms with Gasteiger partial charge in [0.05, 0.1) is 18.1 Å². The molecule has 2 N–H and O–H groups in total. The minimum absolute atomic E-state index is 0.0340. The van der Waals surface area contributed by atoms with Crippen LogP contribution >= 0.6 is 23.2 Å². The fraction of sp³-hybridized carbons (Fsp3) is 0.276. The van der Waals surface area contributed by atoms with Gasteiger partial charge in [-0.25, -0.2) is 4.98 Å². The Morgan fingerprint density at radius 2 is 1.93 bits per heavy atom. The third-order valence-electron chi connectivity index (χ3n) is 6.60. The molecule has 0 radical (unpaired) electrons. The molecule has 1 aliphatic rings. The number of benzene rings is 1. The maximum Gasteiger partial charge on any atom is 0.287 e. The summed E-state index contributed by atoms with van der Waals surface area (Å²) >= 11 is 11.9. The van der Waals surface area contributed by atoms with Gasteiger partial charge in [0.25, 0.3) is 5.91 Å². The second kappa shape index (κ2) is 13.0. The highest BCUT2D eigenvalue weighted by Crippen LogP contribution is 2.23. The first-order valence-corrected chi connectivity index (χ1v) is 13.8. The van der Waals surface area contributed by atoms with E-state index in [1.54, 1.807) is 65.7 Å². The summed E-state index contributed by atoms with van der Waals surface area (Å²) in [6, 6.07) is 14.2. The van der Waals surface area contributed by atoms with Crippen LogP contribution in [0.25, 0.3) is 11.0 Å². The summed E-state index contributed by atoms with van der Waals surface area (Å²) < 4.78 is 11.6. The number of rotatable bonds is 9. The number of ether oxygens (including phenoxy) is 1. The number of piperidine rings is 1. The molecular weight excluding hydrogens is 569 g/mol. The van der Waals surface area contributed by atoms with E-state index in [9.17, 15) is 14.4 Å². The van der Waals surface area contributed by atoms with Crippen molar-refractivity contribution >= 4 is 51.9 Å². The van der Waals surface area contributed by atoms with E-state index in [0.717, 1.165) is 12.8 Å². The minimum Gasteiger partial charge on any atom is -0.472 e. The normalized spacial score (nSPS) is 15.8. The Bertz CT molecular complexity index is 1530. The van der Waals surface area contributed by atoms with Crippen molar-refractivity contribution in [1.82, 2.24) is 25.5 Å². The van der Waals surface area contributed by atoms with Gasteiger partial charge in [-0.1, -0.05) is 29.3 Å². The van der Waals surface area contributed by atoms with Crippen LogP contribution in [-0.2, 0) is 16.0 Å². The smallest absolute Gasteiger partial charge is 0.287 e. The number of pyridine rings is 2. The van der Waals surface area contributed by atoms with Gasteiger partial charge in [0.15, 0.2) is 5.76 Å². The molecule has 212 valence electrons. The molecule has 0 bridgehead atoms. The van der Waals surface area contributed by atoms with Crippen LogP contribution in [0.3, 0.4) is 0 Å². The molecule has 4 heterocycles. The molecule has 12 heteroatoms. The summed E-state index contributed by atoms with van der Waals surface area (Å²) in [6.45, 7) is 0.679. The van der Waals surface area contributed by atoms with Gasteiger partial charge in [0.2, 0.25) is 17.7 Å². The van der Waals surface area contributed by atoms with Crippen LogP contribution in [-0.4, -0.2) is 64.4 Å². The highest BCUT2D eigenvalue weighted by atomic mass is 35.5. The number of nitrogens with zero attached hydrogens (tertiary/aromatic N) is 3. The SMILES string of the molecule is O=C(N[C@@H](Cc1ccccn1)C(=O)NCC(=O)N1CCCC(Oc2ccc(Cl)cn2)C1)c1cc2cc(Cl)ccc2o1. The van der Waals surface area contributed by atoms with Gasteiger partial charge < -0.3 is 24.7 Å². The number of hydrogen-bond donors (Lipinski definition) is 2. The van der Waals surface area contributed by atoms with E-state index in [4.69, 9.17) is 32.4 Å². The lowest BCUT2D eigenvalue weighted by Crippen LogP contribution is -2.52. The number of amides is 3. The van der Waals surface area contributed by atoms with E-state index < -0.39 is 17.9 Å². The van der Waals surface area contributed by atoms with E-state index >= 15 is 0 Å². The van der Waals surface area contributed by atoms with Crippen molar-refractivity contribution in [3.8, 4) is 5.88 Å². The summed E-state index contributed by atoms with van der Waals surface area (Å²) in [7, 11) is 0. The molecule has 2 atom stereocenters. The van der Waals surface area contributed by atoms with E-state index in [2.05, 4.69) is 20.6 Å². The number of likely N-dealkylation sites (tertiary alicyclic amines) is 1. The van der Waals surface area contributed by atoms with E-state index in [0.29, 0.717) is 45.7 Å². The van der Waals surface area contributed by atoms with Crippen molar-refractivity contribution in [2.75, 3.05) is 19.6 Å². The molecule has 0 spiro atoms. The molecular formula is C29H27Cl2N5O5. The molecule has 1 saturated heterocycles. The number of carbonyl (C=O) groups is 3. The van der Waals surface area contributed by atoms with Crippen LogP contribution in [0.1, 0.15) is 29.1 Å². The summed E-state index contributed by atoms with van der Waals surface area (Å²) in [5, 5.41) is 7.07. The summed E-state index contributed by atoms with van der Waals surface area (Å²) in [6.07, 6.45) is 4.51. The minimum atomic E-state index is -1.00. The van der Waals surface area contributed by atoms with Crippen molar-refractivity contribution in [1.29, 1.82) is 0 Å². The topological polar surface area (TPSA) is 127 Å². The highest BCUT2D eigenvalue weighted by molar-refractivity contribution is 6.31. The Morgan fingerprint density at radius 1 is 1.07 bits per heavy atom. The molecule has 0 saturated carbocycles.